The van der Waals surface area contributed by atoms with Crippen LogP contribution < -0.4 is 0 Å². The fourth-order valence-electron chi connectivity index (χ4n) is 2.21. The summed E-state index contributed by atoms with van der Waals surface area (Å²) < 4.78 is 5.29. The van der Waals surface area contributed by atoms with E-state index in [1.807, 2.05) is 12.1 Å². The SMILES string of the molecule is Cc1cc(C(=O)N=Nc2c(O)[nH]c3ccccc23)c(C)o1. The number of rotatable bonds is 2. The van der Waals surface area contributed by atoms with Crippen molar-refractivity contribution in [1.29, 1.82) is 0 Å². The predicted octanol–water partition coefficient (Wildman–Crippen LogP) is 4.01. The number of nitrogens with one attached hydrogen (secondary N) is 1. The van der Waals surface area contributed by atoms with Crippen LogP contribution in [-0.4, -0.2) is 16.0 Å². The summed E-state index contributed by atoms with van der Waals surface area (Å²) in [6, 6.07) is 8.87. The van der Waals surface area contributed by atoms with E-state index in [1.54, 1.807) is 32.0 Å². The van der Waals surface area contributed by atoms with Gasteiger partial charge in [0.1, 0.15) is 11.5 Å². The molecule has 0 saturated carbocycles. The molecular formula is C15H13N3O3. The first kappa shape index (κ1) is 13.1. The molecule has 0 radical (unpaired) electrons. The van der Waals surface area contributed by atoms with E-state index < -0.39 is 5.91 Å². The van der Waals surface area contributed by atoms with Crippen molar-refractivity contribution in [1.82, 2.24) is 4.98 Å². The van der Waals surface area contributed by atoms with Crippen molar-refractivity contribution >= 4 is 22.5 Å². The van der Waals surface area contributed by atoms with Crippen molar-refractivity contribution < 1.29 is 14.3 Å². The van der Waals surface area contributed by atoms with Gasteiger partial charge in [-0.25, -0.2) is 0 Å². The predicted molar refractivity (Wildman–Crippen MR) is 77.0 cm³/mol. The molecule has 0 bridgehead atoms. The third-order valence-electron chi connectivity index (χ3n) is 3.17. The van der Waals surface area contributed by atoms with Crippen molar-refractivity contribution in [2.45, 2.75) is 13.8 Å². The molecule has 0 unspecified atom stereocenters. The molecule has 2 N–H and O–H groups in total. The summed E-state index contributed by atoms with van der Waals surface area (Å²) >= 11 is 0. The first-order valence-electron chi connectivity index (χ1n) is 6.39. The number of para-hydroxylation sites is 1. The van der Waals surface area contributed by atoms with Gasteiger partial charge in [0.2, 0.25) is 5.88 Å². The number of H-pyrrole nitrogens is 1. The van der Waals surface area contributed by atoms with Crippen LogP contribution in [0.5, 0.6) is 5.88 Å². The van der Waals surface area contributed by atoms with E-state index in [4.69, 9.17) is 4.42 Å². The first-order valence-corrected chi connectivity index (χ1v) is 6.39. The van der Waals surface area contributed by atoms with Gasteiger partial charge in [0, 0.05) is 5.39 Å². The lowest BCUT2D eigenvalue weighted by Crippen LogP contribution is -1.93. The molecule has 0 aliphatic carbocycles. The Morgan fingerprint density at radius 1 is 1.29 bits per heavy atom. The number of aryl methyl sites for hydroxylation is 2. The first-order chi connectivity index (χ1) is 10.1. The number of aromatic amines is 1. The van der Waals surface area contributed by atoms with Gasteiger partial charge in [0.25, 0.3) is 5.91 Å². The van der Waals surface area contributed by atoms with E-state index >= 15 is 0 Å². The highest BCUT2D eigenvalue weighted by Gasteiger charge is 2.14. The minimum Gasteiger partial charge on any atom is -0.493 e. The molecule has 0 fully saturated rings. The molecule has 21 heavy (non-hydrogen) atoms. The molecule has 1 aromatic carbocycles. The van der Waals surface area contributed by atoms with Crippen LogP contribution in [0.1, 0.15) is 21.9 Å². The van der Waals surface area contributed by atoms with Crippen molar-refractivity contribution in [3.63, 3.8) is 0 Å². The maximum absolute atomic E-state index is 12.0. The monoisotopic (exact) mass is 283 g/mol. The van der Waals surface area contributed by atoms with Crippen molar-refractivity contribution in [2.75, 3.05) is 0 Å². The second-order valence-corrected chi connectivity index (χ2v) is 4.70. The lowest BCUT2D eigenvalue weighted by Gasteiger charge is -1.92. The molecule has 6 nitrogen and oxygen atoms in total. The Balaban J connectivity index is 1.96. The number of amides is 1. The van der Waals surface area contributed by atoms with Gasteiger partial charge >= 0.3 is 0 Å². The molecule has 0 saturated heterocycles. The summed E-state index contributed by atoms with van der Waals surface area (Å²) in [4.78, 5) is 14.8. The zero-order chi connectivity index (χ0) is 15.0. The number of furan rings is 1. The number of azo groups is 1. The largest absolute Gasteiger partial charge is 0.493 e. The van der Waals surface area contributed by atoms with Crippen LogP contribution in [-0.2, 0) is 0 Å². The molecule has 0 atom stereocenters. The number of fused-ring (bicyclic) bond motifs is 1. The van der Waals surface area contributed by atoms with Crippen LogP contribution >= 0.6 is 0 Å². The van der Waals surface area contributed by atoms with Crippen LogP contribution in [0.4, 0.5) is 5.69 Å². The molecule has 0 spiro atoms. The van der Waals surface area contributed by atoms with E-state index in [0.717, 1.165) is 5.52 Å². The zero-order valence-corrected chi connectivity index (χ0v) is 11.5. The fraction of sp³-hybridized carbons (Fsp3) is 0.133. The molecule has 2 heterocycles. The van der Waals surface area contributed by atoms with Gasteiger partial charge < -0.3 is 14.5 Å². The van der Waals surface area contributed by atoms with E-state index in [0.29, 0.717) is 22.5 Å². The van der Waals surface area contributed by atoms with Crippen molar-refractivity contribution in [3.05, 3.63) is 47.4 Å². The highest BCUT2D eigenvalue weighted by atomic mass is 16.3. The summed E-state index contributed by atoms with van der Waals surface area (Å²) in [6.07, 6.45) is 0. The Morgan fingerprint density at radius 3 is 2.76 bits per heavy atom. The lowest BCUT2D eigenvalue weighted by molar-refractivity contribution is 0.0993. The number of hydrogen-bond acceptors (Lipinski definition) is 4. The standard InChI is InChI=1S/C15H13N3O3/c1-8-7-11(9(2)21-8)14(19)18-17-13-10-5-3-4-6-12(10)16-15(13)20/h3-7,16,20H,1-2H3. The van der Waals surface area contributed by atoms with Gasteiger partial charge in [-0.3, -0.25) is 4.79 Å². The Kier molecular flexibility index (Phi) is 3.06. The summed E-state index contributed by atoms with van der Waals surface area (Å²) in [7, 11) is 0. The maximum Gasteiger partial charge on any atom is 0.298 e. The highest BCUT2D eigenvalue weighted by molar-refractivity contribution is 5.97. The van der Waals surface area contributed by atoms with Gasteiger partial charge in [0.15, 0.2) is 5.69 Å². The average Bonchev–Trinajstić information content (AvgIpc) is 2.95. The second kappa shape index (κ2) is 4.90. The molecule has 106 valence electrons. The van der Waals surface area contributed by atoms with E-state index in [9.17, 15) is 9.90 Å². The molecule has 1 amide bonds. The van der Waals surface area contributed by atoms with Crippen molar-refractivity contribution in [2.24, 2.45) is 10.2 Å². The third kappa shape index (κ3) is 2.31. The molecule has 2 aromatic heterocycles. The number of benzene rings is 1. The van der Waals surface area contributed by atoms with Gasteiger partial charge in [-0.15, -0.1) is 10.2 Å². The maximum atomic E-state index is 12.0. The number of nitrogens with zero attached hydrogens (tertiary/aromatic N) is 2. The lowest BCUT2D eigenvalue weighted by atomic mass is 10.2. The van der Waals surface area contributed by atoms with Crippen LogP contribution in [0.15, 0.2) is 45.0 Å². The molecule has 0 aliphatic rings. The Labute approximate surface area is 120 Å². The summed E-state index contributed by atoms with van der Waals surface area (Å²) in [5.74, 6) is 0.516. The number of aromatic hydroxyl groups is 1. The quantitative estimate of drug-likeness (QED) is 0.696. The number of carbonyl (C=O) groups excluding carboxylic acids is 1. The summed E-state index contributed by atoms with van der Waals surface area (Å²) in [5, 5.41) is 18.1. The van der Waals surface area contributed by atoms with Gasteiger partial charge in [-0.1, -0.05) is 18.2 Å². The molecular weight excluding hydrogens is 270 g/mol. The number of carbonyl (C=O) groups is 1. The summed E-state index contributed by atoms with van der Waals surface area (Å²) in [6.45, 7) is 3.45. The molecule has 3 rings (SSSR count). The minimum absolute atomic E-state index is 0.118. The van der Waals surface area contributed by atoms with Crippen molar-refractivity contribution in [3.8, 4) is 5.88 Å². The molecule has 0 aliphatic heterocycles. The van der Waals surface area contributed by atoms with E-state index in [2.05, 4.69) is 15.2 Å². The van der Waals surface area contributed by atoms with Crippen LogP contribution in [0.25, 0.3) is 10.9 Å². The Morgan fingerprint density at radius 2 is 2.05 bits per heavy atom. The second-order valence-electron chi connectivity index (χ2n) is 4.70. The van der Waals surface area contributed by atoms with E-state index in [-0.39, 0.29) is 11.6 Å². The van der Waals surface area contributed by atoms with Gasteiger partial charge in [0.05, 0.1) is 11.1 Å². The molecule has 6 heteroatoms. The zero-order valence-electron chi connectivity index (χ0n) is 11.5. The number of hydrogen-bond donors (Lipinski definition) is 2. The smallest absolute Gasteiger partial charge is 0.298 e. The average molecular weight is 283 g/mol. The Hall–Kier alpha value is -2.89. The van der Waals surface area contributed by atoms with Crippen LogP contribution in [0.2, 0.25) is 0 Å². The van der Waals surface area contributed by atoms with E-state index in [1.165, 1.54) is 0 Å². The molecule has 3 aromatic rings. The minimum atomic E-state index is -0.506. The normalized spacial score (nSPS) is 11.5. The Bertz CT molecular complexity index is 858. The fourth-order valence-corrected chi connectivity index (χ4v) is 2.21. The number of aromatic nitrogens is 1. The van der Waals surface area contributed by atoms with Gasteiger partial charge in [-0.2, -0.15) is 0 Å². The van der Waals surface area contributed by atoms with Gasteiger partial charge in [-0.05, 0) is 26.0 Å². The highest BCUT2D eigenvalue weighted by Crippen LogP contribution is 2.35. The van der Waals surface area contributed by atoms with Crippen LogP contribution in [0.3, 0.4) is 0 Å². The third-order valence-corrected chi connectivity index (χ3v) is 3.17. The summed E-state index contributed by atoms with van der Waals surface area (Å²) in [5.41, 5.74) is 1.35. The van der Waals surface area contributed by atoms with Crippen LogP contribution in [0, 0.1) is 13.8 Å². The topological polar surface area (TPSA) is 91.0 Å².